The van der Waals surface area contributed by atoms with Crippen LogP contribution in [0.5, 0.6) is 0 Å². The molecular weight excluding hydrogens is 347 g/mol. The molecule has 1 aliphatic rings. The molecule has 0 fully saturated rings. The summed E-state index contributed by atoms with van der Waals surface area (Å²) < 4.78 is 50.3. The van der Waals surface area contributed by atoms with Crippen molar-refractivity contribution in [3.63, 3.8) is 0 Å². The van der Waals surface area contributed by atoms with Gasteiger partial charge in [-0.2, -0.15) is 13.2 Å². The van der Waals surface area contributed by atoms with Crippen molar-refractivity contribution in [2.75, 3.05) is 6.61 Å². The predicted molar refractivity (Wildman–Crippen MR) is 76.2 cm³/mol. The van der Waals surface area contributed by atoms with Crippen molar-refractivity contribution in [2.45, 2.75) is 38.1 Å². The van der Waals surface area contributed by atoms with Crippen LogP contribution in [0.15, 0.2) is 18.2 Å². The van der Waals surface area contributed by atoms with E-state index in [9.17, 15) is 32.9 Å². The van der Waals surface area contributed by atoms with E-state index in [0.29, 0.717) is 0 Å². The van der Waals surface area contributed by atoms with E-state index in [-0.39, 0.29) is 30.8 Å². The van der Waals surface area contributed by atoms with Gasteiger partial charge in [-0.1, -0.05) is 6.07 Å². The Morgan fingerprint density at radius 3 is 2.64 bits per heavy atom. The molecule has 0 amide bonds. The Morgan fingerprint density at radius 2 is 2.08 bits per heavy atom. The van der Waals surface area contributed by atoms with Crippen LogP contribution in [0.4, 0.5) is 13.2 Å². The second kappa shape index (κ2) is 6.69. The van der Waals surface area contributed by atoms with Gasteiger partial charge in [0.1, 0.15) is 6.61 Å². The molecule has 0 saturated heterocycles. The monoisotopic (exact) mass is 361 g/mol. The molecule has 25 heavy (non-hydrogen) atoms. The number of hydrogen-bond donors (Lipinski definition) is 0. The Hall–Kier alpha value is -2.65. The number of nitro groups is 1. The second-order valence-electron chi connectivity index (χ2n) is 5.51. The predicted octanol–water partition coefficient (Wildman–Crippen LogP) is 2.73. The van der Waals surface area contributed by atoms with E-state index in [1.54, 1.807) is 0 Å². The average molecular weight is 361 g/mol. The summed E-state index contributed by atoms with van der Waals surface area (Å²) in [7, 11) is 0. The van der Waals surface area contributed by atoms with Crippen LogP contribution in [0.2, 0.25) is 0 Å². The zero-order valence-electron chi connectivity index (χ0n) is 13.1. The van der Waals surface area contributed by atoms with Gasteiger partial charge >= 0.3 is 23.7 Å². The van der Waals surface area contributed by atoms with Crippen molar-refractivity contribution < 1.29 is 37.2 Å². The number of esters is 2. The van der Waals surface area contributed by atoms with Crippen LogP contribution in [-0.2, 0) is 26.4 Å². The first kappa shape index (κ1) is 18.7. The number of carbonyl (C=O) groups excluding carboxylic acids is 2. The number of cyclic esters (lactones) is 1. The normalized spacial score (nSPS) is 15.9. The number of carbonyl (C=O) groups is 2. The Bertz CT molecular complexity index is 718. The Balaban J connectivity index is 2.42. The van der Waals surface area contributed by atoms with Crippen LogP contribution in [0, 0.1) is 10.1 Å². The van der Waals surface area contributed by atoms with Crippen molar-refractivity contribution in [2.24, 2.45) is 0 Å². The van der Waals surface area contributed by atoms with Gasteiger partial charge in [-0.05, 0) is 18.6 Å². The first-order chi connectivity index (χ1) is 11.6. The topological polar surface area (TPSA) is 95.7 Å². The third-order valence-electron chi connectivity index (χ3n) is 3.93. The molecule has 0 bridgehead atoms. The molecule has 1 aromatic carbocycles. The Kier molecular flexibility index (Phi) is 5.00. The maximum atomic E-state index is 13.7. The minimum atomic E-state index is -5.19. The summed E-state index contributed by atoms with van der Waals surface area (Å²) >= 11 is 0. The molecule has 10 heteroatoms. The molecule has 136 valence electrons. The zero-order chi connectivity index (χ0) is 18.8. The summed E-state index contributed by atoms with van der Waals surface area (Å²) in [5, 5.41) is 11.4. The second-order valence-corrected chi connectivity index (χ2v) is 5.51. The lowest BCUT2D eigenvalue weighted by atomic mass is 9.84. The van der Waals surface area contributed by atoms with Crippen LogP contribution in [0.1, 0.15) is 41.3 Å². The summed E-state index contributed by atoms with van der Waals surface area (Å²) in [5.41, 5.74) is -3.71. The fourth-order valence-corrected chi connectivity index (χ4v) is 2.68. The fraction of sp³-hybridized carbons (Fsp3) is 0.467. The van der Waals surface area contributed by atoms with E-state index in [1.807, 2.05) is 0 Å². The molecule has 0 N–H and O–H groups in total. The largest absolute Gasteiger partial charge is 0.466 e. The number of alkyl halides is 3. The molecule has 1 heterocycles. The minimum absolute atomic E-state index is 0.0862. The van der Waals surface area contributed by atoms with Crippen molar-refractivity contribution in [1.29, 1.82) is 0 Å². The molecule has 1 aromatic rings. The molecule has 1 atom stereocenters. The first-order valence-corrected chi connectivity index (χ1v) is 7.24. The number of halogens is 3. The van der Waals surface area contributed by atoms with E-state index in [1.165, 1.54) is 0 Å². The minimum Gasteiger partial charge on any atom is -0.466 e. The number of nitrogens with zero attached hydrogens (tertiary/aromatic N) is 1. The summed E-state index contributed by atoms with van der Waals surface area (Å²) in [6.07, 6.45) is -6.46. The number of fused-ring (bicyclic) bond motifs is 1. The highest BCUT2D eigenvalue weighted by Gasteiger charge is 2.66. The SMILES string of the molecule is CC(=O)OCCCC(c1ccc2c(c1)COC2=O)([N+](=O)[O-])C(F)(F)F. The van der Waals surface area contributed by atoms with E-state index in [4.69, 9.17) is 4.74 Å². The quantitative estimate of drug-likeness (QED) is 0.335. The molecule has 1 aliphatic heterocycles. The number of hydrogen-bond acceptors (Lipinski definition) is 6. The van der Waals surface area contributed by atoms with E-state index < -0.39 is 40.6 Å². The van der Waals surface area contributed by atoms with Crippen LogP contribution < -0.4 is 0 Å². The number of ether oxygens (including phenoxy) is 2. The summed E-state index contributed by atoms with van der Waals surface area (Å²) in [5.74, 6) is -1.37. The molecule has 0 radical (unpaired) electrons. The molecule has 0 aromatic heterocycles. The van der Waals surface area contributed by atoms with Gasteiger partial charge in [-0.25, -0.2) is 4.79 Å². The van der Waals surface area contributed by atoms with Crippen molar-refractivity contribution in [1.82, 2.24) is 0 Å². The van der Waals surface area contributed by atoms with Crippen LogP contribution >= 0.6 is 0 Å². The first-order valence-electron chi connectivity index (χ1n) is 7.24. The summed E-state index contributed by atoms with van der Waals surface area (Å²) in [4.78, 5) is 32.2. The molecule has 7 nitrogen and oxygen atoms in total. The van der Waals surface area contributed by atoms with Gasteiger partial charge < -0.3 is 9.47 Å². The zero-order valence-corrected chi connectivity index (χ0v) is 13.1. The van der Waals surface area contributed by atoms with Gasteiger partial charge in [0.05, 0.1) is 12.2 Å². The maximum Gasteiger partial charge on any atom is 0.465 e. The molecule has 0 aliphatic carbocycles. The summed E-state index contributed by atoms with van der Waals surface area (Å²) in [6.45, 7) is 0.483. The average Bonchev–Trinajstić information content (AvgIpc) is 2.86. The van der Waals surface area contributed by atoms with Crippen LogP contribution in [-0.4, -0.2) is 29.6 Å². The smallest absolute Gasteiger partial charge is 0.465 e. The van der Waals surface area contributed by atoms with Gasteiger partial charge in [0.2, 0.25) is 0 Å². The van der Waals surface area contributed by atoms with Crippen LogP contribution in [0.3, 0.4) is 0 Å². The maximum absolute atomic E-state index is 13.7. The standard InChI is InChI=1S/C15H14F3NO6/c1-9(20)24-6-2-5-14(19(22)23,15(16,17)18)11-3-4-12-10(7-11)8-25-13(12)21/h3-4,7H,2,5-6,8H2,1H3. The molecule has 0 saturated carbocycles. The lowest BCUT2D eigenvalue weighted by molar-refractivity contribution is -0.625. The highest BCUT2D eigenvalue weighted by molar-refractivity contribution is 5.93. The highest BCUT2D eigenvalue weighted by atomic mass is 19.4. The highest BCUT2D eigenvalue weighted by Crippen LogP contribution is 2.46. The molecule has 2 rings (SSSR count). The third-order valence-corrected chi connectivity index (χ3v) is 3.93. The van der Waals surface area contributed by atoms with Crippen molar-refractivity contribution >= 4 is 11.9 Å². The number of benzene rings is 1. The van der Waals surface area contributed by atoms with Gasteiger partial charge in [-0.3, -0.25) is 14.9 Å². The molecule has 0 spiro atoms. The van der Waals surface area contributed by atoms with E-state index in [2.05, 4.69) is 4.74 Å². The van der Waals surface area contributed by atoms with E-state index in [0.717, 1.165) is 25.1 Å². The fourth-order valence-electron chi connectivity index (χ4n) is 2.68. The Labute approximate surface area is 139 Å². The summed E-state index contributed by atoms with van der Waals surface area (Å²) in [6, 6.07) is 2.98. The van der Waals surface area contributed by atoms with E-state index >= 15 is 0 Å². The van der Waals surface area contributed by atoms with Crippen molar-refractivity contribution in [3.8, 4) is 0 Å². The van der Waals surface area contributed by atoms with Gasteiger partial charge in [-0.15, -0.1) is 0 Å². The van der Waals surface area contributed by atoms with Crippen molar-refractivity contribution in [3.05, 3.63) is 45.0 Å². The number of rotatable bonds is 6. The van der Waals surface area contributed by atoms with Gasteiger partial charge in [0, 0.05) is 29.4 Å². The lowest BCUT2D eigenvalue weighted by Gasteiger charge is -2.28. The molecular formula is C15H14F3NO6. The molecule has 1 unspecified atom stereocenters. The Morgan fingerprint density at radius 1 is 1.40 bits per heavy atom. The van der Waals surface area contributed by atoms with Gasteiger partial charge in [0.25, 0.3) is 0 Å². The third kappa shape index (κ3) is 3.42. The van der Waals surface area contributed by atoms with Crippen LogP contribution in [0.25, 0.3) is 0 Å². The lowest BCUT2D eigenvalue weighted by Crippen LogP contribution is -2.49. The van der Waals surface area contributed by atoms with Gasteiger partial charge in [0.15, 0.2) is 0 Å².